The Bertz CT molecular complexity index is 922. The number of halogens is 1. The summed E-state index contributed by atoms with van der Waals surface area (Å²) in [7, 11) is 1.66. The van der Waals surface area contributed by atoms with Gasteiger partial charge in [0.1, 0.15) is 12.4 Å². The lowest BCUT2D eigenvalue weighted by Crippen LogP contribution is -2.41. The fourth-order valence-electron chi connectivity index (χ4n) is 4.16. The van der Waals surface area contributed by atoms with Crippen LogP contribution in [0.1, 0.15) is 48.6 Å². The van der Waals surface area contributed by atoms with Gasteiger partial charge in [-0.15, -0.1) is 11.3 Å². The zero-order valence-corrected chi connectivity index (χ0v) is 17.2. The summed E-state index contributed by atoms with van der Waals surface area (Å²) in [4.78, 5) is 28.2. The highest BCUT2D eigenvalue weighted by Gasteiger charge is 2.36. The fourth-order valence-corrected chi connectivity index (χ4v) is 4.88. The first kappa shape index (κ1) is 19.8. The quantitative estimate of drug-likeness (QED) is 0.737. The van der Waals surface area contributed by atoms with Crippen LogP contribution in [0.15, 0.2) is 46.9 Å². The van der Waals surface area contributed by atoms with E-state index in [1.165, 1.54) is 16.0 Å². The Kier molecular flexibility index (Phi) is 5.76. The van der Waals surface area contributed by atoms with Crippen molar-refractivity contribution in [2.24, 2.45) is 11.0 Å². The van der Waals surface area contributed by atoms with Crippen molar-refractivity contribution in [1.82, 2.24) is 9.91 Å². The van der Waals surface area contributed by atoms with Gasteiger partial charge in [-0.25, -0.2) is 9.40 Å². The number of hydrazone groups is 1. The second kappa shape index (κ2) is 8.45. The van der Waals surface area contributed by atoms with E-state index < -0.39 is 6.04 Å². The van der Waals surface area contributed by atoms with E-state index in [1.807, 2.05) is 17.5 Å². The van der Waals surface area contributed by atoms with Crippen molar-refractivity contribution in [2.75, 3.05) is 13.6 Å². The first-order chi connectivity index (χ1) is 14.0. The van der Waals surface area contributed by atoms with Crippen LogP contribution in [0.3, 0.4) is 0 Å². The molecule has 1 aliphatic heterocycles. The smallest absolute Gasteiger partial charge is 0.262 e. The Labute approximate surface area is 173 Å². The predicted molar refractivity (Wildman–Crippen MR) is 111 cm³/mol. The summed E-state index contributed by atoms with van der Waals surface area (Å²) in [5, 5.41) is 7.87. The van der Waals surface area contributed by atoms with E-state index in [0.29, 0.717) is 12.0 Å². The number of benzene rings is 1. The molecule has 1 atom stereocenters. The largest absolute Gasteiger partial charge is 0.336 e. The van der Waals surface area contributed by atoms with Gasteiger partial charge in [0.25, 0.3) is 5.91 Å². The van der Waals surface area contributed by atoms with Crippen molar-refractivity contribution in [2.45, 2.75) is 38.1 Å². The van der Waals surface area contributed by atoms with E-state index in [1.54, 1.807) is 36.6 Å². The molecule has 2 aromatic rings. The minimum Gasteiger partial charge on any atom is -0.336 e. The molecule has 0 spiro atoms. The molecule has 1 aliphatic carbocycles. The second-order valence-corrected chi connectivity index (χ2v) is 8.63. The predicted octanol–water partition coefficient (Wildman–Crippen LogP) is 4.21. The third-order valence-corrected chi connectivity index (χ3v) is 6.61. The number of rotatable bonds is 5. The number of amides is 2. The molecule has 2 heterocycles. The van der Waals surface area contributed by atoms with E-state index in [-0.39, 0.29) is 30.1 Å². The van der Waals surface area contributed by atoms with E-state index in [4.69, 9.17) is 0 Å². The van der Waals surface area contributed by atoms with Crippen LogP contribution in [-0.2, 0) is 9.59 Å². The molecule has 0 saturated heterocycles. The SMILES string of the molecule is CN(CC(=O)N1N=C(c2cccs2)CC1c1ccccc1F)C(=O)C1CCCC1. The molecule has 0 radical (unpaired) electrons. The lowest BCUT2D eigenvalue weighted by molar-refractivity contribution is -0.142. The second-order valence-electron chi connectivity index (χ2n) is 7.68. The van der Waals surface area contributed by atoms with Gasteiger partial charge in [0, 0.05) is 24.9 Å². The number of carbonyl (C=O) groups is 2. The summed E-state index contributed by atoms with van der Waals surface area (Å²) < 4.78 is 14.5. The van der Waals surface area contributed by atoms with Gasteiger partial charge in [-0.2, -0.15) is 5.10 Å². The molecule has 1 aromatic carbocycles. The first-order valence-corrected chi connectivity index (χ1v) is 10.9. The zero-order valence-electron chi connectivity index (χ0n) is 16.4. The van der Waals surface area contributed by atoms with Gasteiger partial charge in [-0.05, 0) is 30.4 Å². The van der Waals surface area contributed by atoms with Crippen molar-refractivity contribution >= 4 is 28.9 Å². The van der Waals surface area contributed by atoms with Crippen molar-refractivity contribution in [3.63, 3.8) is 0 Å². The molecule has 0 bridgehead atoms. The third kappa shape index (κ3) is 4.10. The van der Waals surface area contributed by atoms with Gasteiger partial charge >= 0.3 is 0 Å². The number of hydrogen-bond acceptors (Lipinski definition) is 4. The van der Waals surface area contributed by atoms with Crippen molar-refractivity contribution in [3.8, 4) is 0 Å². The van der Waals surface area contributed by atoms with Gasteiger partial charge in [-0.1, -0.05) is 37.1 Å². The highest BCUT2D eigenvalue weighted by atomic mass is 32.1. The van der Waals surface area contributed by atoms with Gasteiger partial charge in [-0.3, -0.25) is 9.59 Å². The van der Waals surface area contributed by atoms with Crippen LogP contribution in [-0.4, -0.2) is 41.0 Å². The van der Waals surface area contributed by atoms with Gasteiger partial charge in [0.05, 0.1) is 16.6 Å². The average molecular weight is 414 g/mol. The summed E-state index contributed by atoms with van der Waals surface area (Å²) in [6.45, 7) is -0.0541. The summed E-state index contributed by atoms with van der Waals surface area (Å²) in [5.74, 6) is -0.620. The van der Waals surface area contributed by atoms with Crippen LogP contribution in [0.25, 0.3) is 0 Å². The maximum absolute atomic E-state index is 14.5. The maximum Gasteiger partial charge on any atom is 0.262 e. The van der Waals surface area contributed by atoms with Crippen molar-refractivity contribution < 1.29 is 14.0 Å². The van der Waals surface area contributed by atoms with E-state index in [2.05, 4.69) is 5.10 Å². The zero-order chi connectivity index (χ0) is 20.4. The van der Waals surface area contributed by atoms with Crippen LogP contribution >= 0.6 is 11.3 Å². The molecule has 1 unspecified atom stereocenters. The molecule has 4 rings (SSSR count). The Hall–Kier alpha value is -2.54. The van der Waals surface area contributed by atoms with Gasteiger partial charge in [0.15, 0.2) is 0 Å². The van der Waals surface area contributed by atoms with Crippen LogP contribution in [0.2, 0.25) is 0 Å². The average Bonchev–Trinajstić information content (AvgIpc) is 3.48. The van der Waals surface area contributed by atoms with Gasteiger partial charge in [0.2, 0.25) is 5.91 Å². The number of thiophene rings is 1. The van der Waals surface area contributed by atoms with Gasteiger partial charge < -0.3 is 4.90 Å². The van der Waals surface area contributed by atoms with Crippen LogP contribution < -0.4 is 0 Å². The molecule has 2 aliphatic rings. The van der Waals surface area contributed by atoms with Crippen molar-refractivity contribution in [1.29, 1.82) is 0 Å². The summed E-state index contributed by atoms with van der Waals surface area (Å²) in [6, 6.07) is 9.87. The molecule has 1 aromatic heterocycles. The summed E-state index contributed by atoms with van der Waals surface area (Å²) in [6.07, 6.45) is 4.36. The molecular formula is C22H24FN3O2S. The highest BCUT2D eigenvalue weighted by molar-refractivity contribution is 7.12. The Morgan fingerprint density at radius 1 is 1.21 bits per heavy atom. The third-order valence-electron chi connectivity index (χ3n) is 5.69. The highest BCUT2D eigenvalue weighted by Crippen LogP contribution is 2.35. The number of likely N-dealkylation sites (N-methyl/N-ethyl adjacent to an activating group) is 1. The van der Waals surface area contributed by atoms with E-state index in [9.17, 15) is 14.0 Å². The summed E-state index contributed by atoms with van der Waals surface area (Å²) >= 11 is 1.54. The molecule has 29 heavy (non-hydrogen) atoms. The standard InChI is InChI=1S/C22H24FN3O2S/c1-25(22(28)15-7-2-3-8-15)14-21(27)26-19(16-9-4-5-10-17(16)23)13-18(24-26)20-11-6-12-29-20/h4-6,9-12,15,19H,2-3,7-8,13-14H2,1H3. The topological polar surface area (TPSA) is 53.0 Å². The lowest BCUT2D eigenvalue weighted by atomic mass is 10.0. The van der Waals surface area contributed by atoms with E-state index >= 15 is 0 Å². The molecule has 7 heteroatoms. The molecular weight excluding hydrogens is 389 g/mol. The number of hydrogen-bond donors (Lipinski definition) is 0. The molecule has 152 valence electrons. The molecule has 2 amide bonds. The minimum absolute atomic E-state index is 0.0129. The molecule has 1 fully saturated rings. The lowest BCUT2D eigenvalue weighted by Gasteiger charge is -2.26. The summed E-state index contributed by atoms with van der Waals surface area (Å²) in [5.41, 5.74) is 1.22. The fraction of sp³-hybridized carbons (Fsp3) is 0.409. The number of carbonyl (C=O) groups excluding carboxylic acids is 2. The monoisotopic (exact) mass is 413 g/mol. The molecule has 5 nitrogen and oxygen atoms in total. The Morgan fingerprint density at radius 3 is 2.66 bits per heavy atom. The molecule has 1 saturated carbocycles. The van der Waals surface area contributed by atoms with Crippen LogP contribution in [0.5, 0.6) is 0 Å². The normalized spacial score (nSPS) is 19.4. The number of nitrogens with zero attached hydrogens (tertiary/aromatic N) is 3. The Balaban J connectivity index is 1.56. The first-order valence-electron chi connectivity index (χ1n) is 9.97. The maximum atomic E-state index is 14.5. The van der Waals surface area contributed by atoms with E-state index in [0.717, 1.165) is 36.3 Å². The molecule has 0 N–H and O–H groups in total. The Morgan fingerprint density at radius 2 is 1.97 bits per heavy atom. The van der Waals surface area contributed by atoms with Crippen LogP contribution in [0.4, 0.5) is 4.39 Å². The minimum atomic E-state index is -0.504. The van der Waals surface area contributed by atoms with Crippen LogP contribution in [0, 0.1) is 11.7 Å². The van der Waals surface area contributed by atoms with Crippen molar-refractivity contribution in [3.05, 3.63) is 58.0 Å².